The number of halogens is 1. The van der Waals surface area contributed by atoms with Gasteiger partial charge in [-0.3, -0.25) is 4.79 Å². The van der Waals surface area contributed by atoms with E-state index in [2.05, 4.69) is 10.2 Å². The summed E-state index contributed by atoms with van der Waals surface area (Å²) < 4.78 is 10.6. The monoisotopic (exact) mass is 360 g/mol. The minimum Gasteiger partial charge on any atom is -0.495 e. The van der Waals surface area contributed by atoms with Gasteiger partial charge in [0.2, 0.25) is 0 Å². The lowest BCUT2D eigenvalue weighted by atomic mass is 9.91. The van der Waals surface area contributed by atoms with E-state index in [1.165, 1.54) is 0 Å². The van der Waals surface area contributed by atoms with Crippen molar-refractivity contribution in [3.8, 4) is 11.5 Å². The molecule has 2 aromatic rings. The zero-order valence-corrected chi connectivity index (χ0v) is 15.5. The van der Waals surface area contributed by atoms with Crippen LogP contribution in [0.25, 0.3) is 0 Å². The van der Waals surface area contributed by atoms with E-state index in [-0.39, 0.29) is 12.4 Å². The highest BCUT2D eigenvalue weighted by atomic mass is 35.5. The first-order valence-electron chi connectivity index (χ1n) is 7.81. The highest BCUT2D eigenvalue weighted by Gasteiger charge is 2.21. The van der Waals surface area contributed by atoms with Gasteiger partial charge in [-0.2, -0.15) is 10.2 Å². The van der Waals surface area contributed by atoms with Crippen LogP contribution < -0.4 is 9.47 Å². The number of methoxy groups -OCH3 is 1. The summed E-state index contributed by atoms with van der Waals surface area (Å²) in [4.78, 5) is 11.9. The lowest BCUT2D eigenvalue weighted by Crippen LogP contribution is -2.26. The average molecular weight is 361 g/mol. The van der Waals surface area contributed by atoms with Gasteiger partial charge in [0.25, 0.3) is 0 Å². The van der Waals surface area contributed by atoms with Crippen molar-refractivity contribution in [1.29, 1.82) is 0 Å². The number of nitrogens with zero attached hydrogens (tertiary/aromatic N) is 2. The lowest BCUT2D eigenvalue weighted by molar-refractivity contribution is -0.128. The largest absolute Gasteiger partial charge is 0.495 e. The first-order valence-corrected chi connectivity index (χ1v) is 8.19. The summed E-state index contributed by atoms with van der Waals surface area (Å²) in [5.74, 6) is 1.25. The van der Waals surface area contributed by atoms with E-state index in [1.807, 2.05) is 20.8 Å². The molecule has 0 saturated heterocycles. The molecular formula is C19H21ClN2O3. The molecule has 0 fully saturated rings. The van der Waals surface area contributed by atoms with Crippen LogP contribution in [0.15, 0.2) is 52.7 Å². The Morgan fingerprint density at radius 3 is 2.20 bits per heavy atom. The second kappa shape index (κ2) is 8.12. The molecule has 25 heavy (non-hydrogen) atoms. The Labute approximate surface area is 152 Å². The molecule has 0 aliphatic carbocycles. The van der Waals surface area contributed by atoms with E-state index in [1.54, 1.807) is 49.6 Å². The SMILES string of the molecule is COc1ccc(N=Nc2ccc(OCC(=O)C(C)(C)C)cc2)cc1Cl. The van der Waals surface area contributed by atoms with E-state index in [0.717, 1.165) is 0 Å². The van der Waals surface area contributed by atoms with Crippen LogP contribution in [0.3, 0.4) is 0 Å². The molecule has 5 nitrogen and oxygen atoms in total. The summed E-state index contributed by atoms with van der Waals surface area (Å²) in [7, 11) is 1.56. The molecule has 0 atom stereocenters. The molecule has 0 spiro atoms. The lowest BCUT2D eigenvalue weighted by Gasteiger charge is -2.16. The number of ketones is 1. The zero-order valence-electron chi connectivity index (χ0n) is 14.7. The second-order valence-electron chi connectivity index (χ2n) is 6.47. The third-order valence-electron chi connectivity index (χ3n) is 3.46. The van der Waals surface area contributed by atoms with E-state index < -0.39 is 5.41 Å². The molecule has 2 rings (SSSR count). The number of carbonyl (C=O) groups is 1. The van der Waals surface area contributed by atoms with Crippen LogP contribution in [0.2, 0.25) is 5.02 Å². The highest BCUT2D eigenvalue weighted by Crippen LogP contribution is 2.29. The number of hydrogen-bond donors (Lipinski definition) is 0. The van der Waals surface area contributed by atoms with Gasteiger partial charge in [0.05, 0.1) is 23.5 Å². The maximum Gasteiger partial charge on any atom is 0.175 e. The van der Waals surface area contributed by atoms with E-state index in [0.29, 0.717) is 27.9 Å². The Morgan fingerprint density at radius 2 is 1.64 bits per heavy atom. The van der Waals surface area contributed by atoms with Crippen LogP contribution in [0.5, 0.6) is 11.5 Å². The van der Waals surface area contributed by atoms with Gasteiger partial charge >= 0.3 is 0 Å². The molecule has 132 valence electrons. The molecule has 0 N–H and O–H groups in total. The third kappa shape index (κ3) is 5.57. The summed E-state index contributed by atoms with van der Waals surface area (Å²) in [5.41, 5.74) is 0.886. The summed E-state index contributed by atoms with van der Waals surface area (Å²) in [6.45, 7) is 5.66. The van der Waals surface area contributed by atoms with Crippen LogP contribution >= 0.6 is 11.6 Å². The first kappa shape index (κ1) is 18.9. The fraction of sp³-hybridized carbons (Fsp3) is 0.316. The molecule has 0 unspecified atom stereocenters. The van der Waals surface area contributed by atoms with Crippen LogP contribution in [0.1, 0.15) is 20.8 Å². The molecule has 2 aromatic carbocycles. The van der Waals surface area contributed by atoms with Gasteiger partial charge in [0, 0.05) is 5.41 Å². The number of Topliss-reactive ketones (excluding diaryl/α,β-unsaturated/α-hetero) is 1. The fourth-order valence-corrected chi connectivity index (χ4v) is 2.06. The number of benzene rings is 2. The molecule has 0 aliphatic rings. The van der Waals surface area contributed by atoms with Crippen LogP contribution in [0.4, 0.5) is 11.4 Å². The molecule has 6 heteroatoms. The maximum atomic E-state index is 11.9. The first-order chi connectivity index (χ1) is 11.8. The van der Waals surface area contributed by atoms with Crippen molar-refractivity contribution in [2.45, 2.75) is 20.8 Å². The minimum absolute atomic E-state index is 0.0487. The van der Waals surface area contributed by atoms with E-state index >= 15 is 0 Å². The Balaban J connectivity index is 1.98. The van der Waals surface area contributed by atoms with Crippen molar-refractivity contribution in [3.05, 3.63) is 47.5 Å². The minimum atomic E-state index is -0.409. The van der Waals surface area contributed by atoms with Crippen molar-refractivity contribution in [2.24, 2.45) is 15.6 Å². The quantitative estimate of drug-likeness (QED) is 0.615. The van der Waals surface area contributed by atoms with Gasteiger partial charge in [-0.1, -0.05) is 32.4 Å². The van der Waals surface area contributed by atoms with Gasteiger partial charge in [-0.25, -0.2) is 0 Å². The maximum absolute atomic E-state index is 11.9. The smallest absolute Gasteiger partial charge is 0.175 e. The fourth-order valence-electron chi connectivity index (χ4n) is 1.81. The Bertz CT molecular complexity index is 765. The molecule has 0 bridgehead atoms. The summed E-state index contributed by atoms with van der Waals surface area (Å²) in [6.07, 6.45) is 0. The Kier molecular flexibility index (Phi) is 6.15. The number of azo groups is 1. The highest BCUT2D eigenvalue weighted by molar-refractivity contribution is 6.32. The van der Waals surface area contributed by atoms with E-state index in [9.17, 15) is 4.79 Å². The molecule has 0 amide bonds. The average Bonchev–Trinajstić information content (AvgIpc) is 2.58. The normalized spacial score (nSPS) is 11.6. The number of rotatable bonds is 6. The Hall–Kier alpha value is -2.40. The number of carbonyl (C=O) groups excluding carboxylic acids is 1. The molecule has 0 heterocycles. The standard InChI is InChI=1S/C19H21ClN2O3/c1-19(2,3)18(23)12-25-15-8-5-13(6-9-15)21-22-14-7-10-17(24-4)16(20)11-14/h5-11H,12H2,1-4H3. The van der Waals surface area contributed by atoms with Gasteiger partial charge in [-0.05, 0) is 42.5 Å². The zero-order chi connectivity index (χ0) is 18.4. The van der Waals surface area contributed by atoms with Gasteiger partial charge in [0.15, 0.2) is 5.78 Å². The van der Waals surface area contributed by atoms with Crippen molar-refractivity contribution >= 4 is 28.8 Å². The summed E-state index contributed by atoms with van der Waals surface area (Å²) in [6, 6.07) is 12.2. The summed E-state index contributed by atoms with van der Waals surface area (Å²) in [5, 5.41) is 8.77. The predicted octanol–water partition coefficient (Wildman–Crippen LogP) is 5.76. The molecule has 0 saturated carbocycles. The Morgan fingerprint density at radius 1 is 1.04 bits per heavy atom. The number of ether oxygens (including phenoxy) is 2. The topological polar surface area (TPSA) is 60.3 Å². The van der Waals surface area contributed by atoms with Crippen LogP contribution in [-0.4, -0.2) is 19.5 Å². The third-order valence-corrected chi connectivity index (χ3v) is 3.75. The van der Waals surface area contributed by atoms with Crippen molar-refractivity contribution in [2.75, 3.05) is 13.7 Å². The van der Waals surface area contributed by atoms with Crippen molar-refractivity contribution < 1.29 is 14.3 Å². The predicted molar refractivity (Wildman–Crippen MR) is 98.6 cm³/mol. The molecule has 0 radical (unpaired) electrons. The van der Waals surface area contributed by atoms with Crippen LogP contribution in [-0.2, 0) is 4.79 Å². The van der Waals surface area contributed by atoms with E-state index in [4.69, 9.17) is 21.1 Å². The van der Waals surface area contributed by atoms with Gasteiger partial charge in [-0.15, -0.1) is 0 Å². The summed E-state index contributed by atoms with van der Waals surface area (Å²) >= 11 is 6.05. The van der Waals surface area contributed by atoms with Crippen molar-refractivity contribution in [1.82, 2.24) is 0 Å². The molecule has 0 aliphatic heterocycles. The van der Waals surface area contributed by atoms with Crippen LogP contribution in [0, 0.1) is 5.41 Å². The number of hydrogen-bond acceptors (Lipinski definition) is 5. The molecular weight excluding hydrogens is 340 g/mol. The van der Waals surface area contributed by atoms with Crippen molar-refractivity contribution in [3.63, 3.8) is 0 Å². The molecule has 0 aromatic heterocycles. The van der Waals surface area contributed by atoms with Gasteiger partial charge in [0.1, 0.15) is 18.1 Å². The van der Waals surface area contributed by atoms with Gasteiger partial charge < -0.3 is 9.47 Å². The second-order valence-corrected chi connectivity index (χ2v) is 6.88.